The van der Waals surface area contributed by atoms with E-state index in [-0.39, 0.29) is 6.61 Å². The molecule has 0 saturated carbocycles. The molecule has 11 heavy (non-hydrogen) atoms. The topological polar surface area (TPSA) is 57.5 Å². The molecule has 0 heterocycles. The van der Waals surface area contributed by atoms with Crippen LogP contribution in [0.1, 0.15) is 19.8 Å². The Labute approximate surface area is 76.9 Å². The third kappa shape index (κ3) is 3.41. The first-order chi connectivity index (χ1) is 5.06. The second kappa shape index (κ2) is 4.97. The molecule has 0 aliphatic heterocycles. The van der Waals surface area contributed by atoms with E-state index in [9.17, 15) is 4.79 Å². The van der Waals surface area contributed by atoms with Crippen molar-refractivity contribution >= 4 is 26.9 Å². The van der Waals surface area contributed by atoms with Crippen molar-refractivity contribution < 1.29 is 15.0 Å². The third-order valence-corrected chi connectivity index (χ3v) is 5.37. The third-order valence-electron chi connectivity index (χ3n) is 1.71. The number of carbonyl (C=O) groups is 1. The summed E-state index contributed by atoms with van der Waals surface area (Å²) in [6, 6.07) is 0. The van der Waals surface area contributed by atoms with Crippen LogP contribution in [0.15, 0.2) is 0 Å². The Balaban J connectivity index is 3.99. The van der Waals surface area contributed by atoms with Gasteiger partial charge in [0.05, 0.1) is 0 Å². The van der Waals surface area contributed by atoms with Gasteiger partial charge in [0.1, 0.15) is 0 Å². The molecule has 0 aromatic heterocycles. The number of aliphatic hydroxyl groups is 1. The van der Waals surface area contributed by atoms with Gasteiger partial charge < -0.3 is 0 Å². The summed E-state index contributed by atoms with van der Waals surface area (Å²) in [7, 11) is 0. The van der Waals surface area contributed by atoms with Crippen LogP contribution >= 0.6 is 0 Å². The van der Waals surface area contributed by atoms with Gasteiger partial charge in [0, 0.05) is 0 Å². The van der Waals surface area contributed by atoms with E-state index in [1.807, 2.05) is 4.97 Å². The normalized spacial score (nSPS) is 15.9. The Morgan fingerprint density at radius 2 is 2.18 bits per heavy atom. The van der Waals surface area contributed by atoms with Gasteiger partial charge in [0.15, 0.2) is 0 Å². The minimum atomic E-state index is -0.712. The summed E-state index contributed by atoms with van der Waals surface area (Å²) in [6.07, 6.45) is 1.21. The number of hydrogen-bond donors (Lipinski definition) is 2. The van der Waals surface area contributed by atoms with Crippen molar-refractivity contribution in [3.05, 3.63) is 0 Å². The molecule has 0 radical (unpaired) electrons. The molecule has 0 fully saturated rings. The molecule has 0 aromatic carbocycles. The Morgan fingerprint density at radius 3 is 2.45 bits per heavy atom. The fraction of sp³-hybridized carbons (Fsp3) is 0.857. The number of aliphatic carboxylic acids is 1. The van der Waals surface area contributed by atoms with Crippen molar-refractivity contribution in [1.29, 1.82) is 0 Å². The van der Waals surface area contributed by atoms with E-state index in [4.69, 9.17) is 10.2 Å². The number of aliphatic hydroxyl groups excluding tert-OH is 1. The zero-order valence-electron chi connectivity index (χ0n) is 6.83. The fourth-order valence-corrected chi connectivity index (χ4v) is 2.21. The van der Waals surface area contributed by atoms with E-state index >= 15 is 0 Å². The van der Waals surface area contributed by atoms with Crippen LogP contribution < -0.4 is 0 Å². The van der Waals surface area contributed by atoms with Crippen LogP contribution in [0.2, 0.25) is 8.43 Å². The molecule has 2 N–H and O–H groups in total. The average molecular weight is 274 g/mol. The Bertz CT molecular complexity index is 138. The van der Waals surface area contributed by atoms with Crippen molar-refractivity contribution in [2.75, 3.05) is 6.61 Å². The maximum absolute atomic E-state index is 10.7. The Kier molecular flexibility index (Phi) is 5.07. The van der Waals surface area contributed by atoms with E-state index in [1.54, 1.807) is 6.92 Å². The van der Waals surface area contributed by atoms with Gasteiger partial charge in [-0.3, -0.25) is 0 Å². The minimum absolute atomic E-state index is 0.0931. The summed E-state index contributed by atoms with van der Waals surface area (Å²) in [5.41, 5.74) is 0. The average Bonchev–Trinajstić information content (AvgIpc) is 2.00. The first-order valence-electron chi connectivity index (χ1n) is 3.46. The zero-order chi connectivity index (χ0) is 8.91. The van der Waals surface area contributed by atoms with Crippen molar-refractivity contribution in [3.63, 3.8) is 0 Å². The first-order valence-corrected chi connectivity index (χ1v) is 6.96. The molecule has 0 spiro atoms. The number of rotatable bonds is 5. The molecule has 4 heteroatoms. The number of hydrogen-bond acceptors (Lipinski definition) is 2. The quantitative estimate of drug-likeness (QED) is 0.728. The molecule has 1 atom stereocenters. The fourth-order valence-electron chi connectivity index (χ4n) is 0.713. The zero-order valence-corrected chi connectivity index (χ0v) is 9.16. The van der Waals surface area contributed by atoms with Gasteiger partial charge in [0.2, 0.25) is 0 Å². The van der Waals surface area contributed by atoms with Crippen LogP contribution in [0.25, 0.3) is 0 Å². The van der Waals surface area contributed by atoms with Crippen molar-refractivity contribution in [2.45, 2.75) is 28.2 Å². The second-order valence-electron chi connectivity index (χ2n) is 2.57. The van der Waals surface area contributed by atoms with Crippen LogP contribution in [0, 0.1) is 0 Å². The maximum atomic E-state index is 10.7. The van der Waals surface area contributed by atoms with Gasteiger partial charge in [0.25, 0.3) is 0 Å². The van der Waals surface area contributed by atoms with Crippen LogP contribution in [0.5, 0.6) is 0 Å². The van der Waals surface area contributed by atoms with Gasteiger partial charge in [-0.15, -0.1) is 0 Å². The van der Waals surface area contributed by atoms with E-state index in [2.05, 4.69) is 0 Å². The molecule has 3 nitrogen and oxygen atoms in total. The molecule has 0 bridgehead atoms. The summed E-state index contributed by atoms with van der Waals surface area (Å²) < 4.78 is -0.520. The predicted octanol–water partition coefficient (Wildman–Crippen LogP) is 0.774. The molecular weight excluding hydrogens is 260 g/mol. The molecule has 0 rings (SSSR count). The van der Waals surface area contributed by atoms with Gasteiger partial charge in [-0.25, -0.2) is 0 Å². The Morgan fingerprint density at radius 1 is 1.64 bits per heavy atom. The van der Waals surface area contributed by atoms with E-state index in [0.717, 1.165) is 0 Å². The van der Waals surface area contributed by atoms with Gasteiger partial charge in [-0.05, 0) is 0 Å². The van der Waals surface area contributed by atoms with Crippen molar-refractivity contribution in [1.82, 2.24) is 0 Å². The van der Waals surface area contributed by atoms with Crippen LogP contribution in [0.3, 0.4) is 0 Å². The SMILES string of the molecule is C[Te]C(C)(CCCO)C(=O)O. The van der Waals surface area contributed by atoms with Crippen LogP contribution in [0.4, 0.5) is 0 Å². The predicted molar refractivity (Wildman–Crippen MR) is 43.9 cm³/mol. The Hall–Kier alpha value is 0.220. The van der Waals surface area contributed by atoms with E-state index in [1.165, 1.54) is 0 Å². The van der Waals surface area contributed by atoms with Crippen molar-refractivity contribution in [2.24, 2.45) is 0 Å². The summed E-state index contributed by atoms with van der Waals surface area (Å²) in [5.74, 6) is -0.712. The van der Waals surface area contributed by atoms with E-state index in [0.29, 0.717) is 12.8 Å². The molecule has 0 aromatic rings. The van der Waals surface area contributed by atoms with Gasteiger partial charge >= 0.3 is 76.7 Å². The second-order valence-corrected chi connectivity index (χ2v) is 6.30. The summed E-state index contributed by atoms with van der Waals surface area (Å²) in [6.45, 7) is 1.86. The molecule has 0 aliphatic rings. The summed E-state index contributed by atoms with van der Waals surface area (Å²) in [5, 5.41) is 17.3. The molecule has 1 unspecified atom stereocenters. The van der Waals surface area contributed by atoms with E-state index < -0.39 is 30.4 Å². The molecule has 0 saturated heterocycles. The molecule has 0 aliphatic carbocycles. The van der Waals surface area contributed by atoms with Gasteiger partial charge in [-0.2, -0.15) is 0 Å². The number of carboxylic acids is 1. The van der Waals surface area contributed by atoms with Crippen LogP contribution in [-0.2, 0) is 4.79 Å². The monoisotopic (exact) mass is 276 g/mol. The summed E-state index contributed by atoms with van der Waals surface area (Å²) in [4.78, 5) is 12.7. The van der Waals surface area contributed by atoms with Crippen molar-refractivity contribution in [3.8, 4) is 0 Å². The molecule has 66 valence electrons. The first kappa shape index (κ1) is 11.2. The number of carboxylic acid groups (broad SMARTS) is 1. The molecule has 0 amide bonds. The summed E-state index contributed by atoms with van der Waals surface area (Å²) >= 11 is -0.473. The van der Waals surface area contributed by atoms with Crippen LogP contribution in [-0.4, -0.2) is 43.7 Å². The standard InChI is InChI=1S/C7H14O3Te/c1-7(11-2,6(9)10)4-3-5-8/h8H,3-5H2,1-2H3,(H,9,10). The van der Waals surface area contributed by atoms with Gasteiger partial charge in [-0.1, -0.05) is 0 Å². The molecular formula is C7H14O3Te.